The van der Waals surface area contributed by atoms with Gasteiger partial charge in [0.15, 0.2) is 34.9 Å². The van der Waals surface area contributed by atoms with E-state index in [-0.39, 0.29) is 10.8 Å². The molecular formula is C90H62N8. The molecule has 4 heterocycles. The van der Waals surface area contributed by atoms with Crippen molar-refractivity contribution in [1.29, 1.82) is 0 Å². The number of para-hydroxylation sites is 2. The number of hydrogen-bond acceptors (Lipinski definition) is 6. The van der Waals surface area contributed by atoms with Crippen LogP contribution in [0.25, 0.3) is 168 Å². The first-order valence-corrected chi connectivity index (χ1v) is 33.6. The standard InChI is InChI=1S/C90H62N8/c1-89(2)72-40-21-17-36-65(72)67-45-48-77-79(81(67)89)69-38-19-23-42-74(69)97(77)64-52-62(51-63(53-64)88-95-85(57-30-13-7-14-31-57)92-86(96-88)58-32-15-8-16-33-58)59-34-25-35-60(50-59)71-54-61(87-93-83(55-26-9-5-10-27-55)91-84(94-87)56-28-11-6-12-29-56)44-47-76(71)98-75-43-24-20-39-70(75)80-78(98)49-46-68-66-37-18-22-41-73(66)90(3,4)82(68)80/h5-54H,1-4H3. The molecule has 8 nitrogen and oxygen atoms in total. The summed E-state index contributed by atoms with van der Waals surface area (Å²) in [5.74, 6) is 3.53. The Labute approximate surface area is 567 Å². The van der Waals surface area contributed by atoms with Crippen molar-refractivity contribution in [2.75, 3.05) is 0 Å². The molecule has 0 atom stereocenters. The molecule has 0 N–H and O–H groups in total. The van der Waals surface area contributed by atoms with E-state index >= 15 is 0 Å². The van der Waals surface area contributed by atoms with Gasteiger partial charge in [-0.25, -0.2) is 29.9 Å². The zero-order chi connectivity index (χ0) is 65.4. The van der Waals surface area contributed by atoms with Crippen LogP contribution in [0.2, 0.25) is 0 Å². The third kappa shape index (κ3) is 8.91. The van der Waals surface area contributed by atoms with Crippen LogP contribution < -0.4 is 0 Å². The molecule has 19 rings (SSSR count). The normalized spacial score (nSPS) is 13.3. The number of benzene rings is 13. The molecule has 0 spiro atoms. The van der Waals surface area contributed by atoms with Crippen molar-refractivity contribution in [3.63, 3.8) is 0 Å². The summed E-state index contributed by atoms with van der Waals surface area (Å²) in [7, 11) is 0. The molecule has 0 bridgehead atoms. The highest BCUT2D eigenvalue weighted by Crippen LogP contribution is 2.56. The second-order valence-electron chi connectivity index (χ2n) is 27.0. The third-order valence-corrected chi connectivity index (χ3v) is 20.5. The van der Waals surface area contributed by atoms with Crippen LogP contribution in [0.5, 0.6) is 0 Å². The van der Waals surface area contributed by atoms with Gasteiger partial charge in [-0.3, -0.25) is 0 Å². The highest BCUT2D eigenvalue weighted by molar-refractivity contribution is 6.16. The SMILES string of the molecule is CC1(C)c2ccccc2-c2ccc3c(c21)c1ccccc1n3-c1cc(-c2cccc(-c3cc(-c4nc(-c5ccccc5)nc(-c5ccccc5)n4)ccc3-n3c4ccccc4c4c5c(ccc43)-c3ccccc3C5(C)C)c2)cc(-c2nc(-c3ccccc3)nc(-c3ccccc3)n2)c1. The summed E-state index contributed by atoms with van der Waals surface area (Å²) in [6.07, 6.45) is 0. The predicted molar refractivity (Wildman–Crippen MR) is 401 cm³/mol. The van der Waals surface area contributed by atoms with Crippen molar-refractivity contribution in [3.05, 3.63) is 326 Å². The Morgan fingerprint density at radius 2 is 0.612 bits per heavy atom. The summed E-state index contributed by atoms with van der Waals surface area (Å²) in [6.45, 7) is 9.53. The topological polar surface area (TPSA) is 87.2 Å². The maximum atomic E-state index is 5.41. The summed E-state index contributed by atoms with van der Waals surface area (Å²) >= 11 is 0. The number of nitrogens with zero attached hydrogens (tertiary/aromatic N) is 8. The molecule has 0 saturated heterocycles. The monoisotopic (exact) mass is 1250 g/mol. The Bertz CT molecular complexity index is 5990. The second-order valence-corrected chi connectivity index (χ2v) is 27.0. The van der Waals surface area contributed by atoms with Gasteiger partial charge in [-0.15, -0.1) is 0 Å². The molecule has 0 saturated carbocycles. The van der Waals surface area contributed by atoms with E-state index in [1.165, 1.54) is 66.1 Å². The van der Waals surface area contributed by atoms with Gasteiger partial charge in [-0.1, -0.05) is 264 Å². The van der Waals surface area contributed by atoms with Gasteiger partial charge in [-0.2, -0.15) is 0 Å². The van der Waals surface area contributed by atoms with Crippen molar-refractivity contribution in [2.24, 2.45) is 0 Å². The molecule has 4 aromatic heterocycles. The minimum absolute atomic E-state index is 0.254. The van der Waals surface area contributed by atoms with Gasteiger partial charge in [0, 0.05) is 77.0 Å². The lowest BCUT2D eigenvalue weighted by molar-refractivity contribution is 0.666. The van der Waals surface area contributed by atoms with Crippen molar-refractivity contribution < 1.29 is 0 Å². The van der Waals surface area contributed by atoms with Crippen LogP contribution in [-0.2, 0) is 10.8 Å². The minimum Gasteiger partial charge on any atom is -0.309 e. The van der Waals surface area contributed by atoms with Crippen molar-refractivity contribution in [3.8, 4) is 124 Å². The maximum Gasteiger partial charge on any atom is 0.164 e. The fourth-order valence-corrected chi connectivity index (χ4v) is 16.1. The number of aromatic nitrogens is 8. The summed E-state index contributed by atoms with van der Waals surface area (Å²) in [5, 5.41) is 4.93. The van der Waals surface area contributed by atoms with Crippen LogP contribution in [0.3, 0.4) is 0 Å². The first kappa shape index (κ1) is 57.0. The van der Waals surface area contributed by atoms with Crippen LogP contribution in [0.1, 0.15) is 49.9 Å². The minimum atomic E-state index is -0.254. The molecule has 13 aromatic carbocycles. The predicted octanol–water partition coefficient (Wildman–Crippen LogP) is 22.2. The van der Waals surface area contributed by atoms with E-state index in [4.69, 9.17) is 29.9 Å². The summed E-state index contributed by atoms with van der Waals surface area (Å²) in [5.41, 5.74) is 25.9. The van der Waals surface area contributed by atoms with Crippen LogP contribution in [0, 0.1) is 0 Å². The average molecular weight is 1260 g/mol. The van der Waals surface area contributed by atoms with E-state index < -0.39 is 0 Å². The van der Waals surface area contributed by atoms with Crippen LogP contribution in [0.15, 0.2) is 303 Å². The highest BCUT2D eigenvalue weighted by Gasteiger charge is 2.40. The fraction of sp³-hybridized carbons (Fsp3) is 0.0667. The maximum absolute atomic E-state index is 5.41. The summed E-state index contributed by atoms with van der Waals surface area (Å²) in [6, 6.07) is 109. The van der Waals surface area contributed by atoms with Gasteiger partial charge in [0.05, 0.1) is 27.8 Å². The highest BCUT2D eigenvalue weighted by atomic mass is 15.1. The lowest BCUT2D eigenvalue weighted by Crippen LogP contribution is -2.15. The van der Waals surface area contributed by atoms with Crippen molar-refractivity contribution >= 4 is 43.6 Å². The van der Waals surface area contributed by atoms with Gasteiger partial charge in [0.25, 0.3) is 0 Å². The van der Waals surface area contributed by atoms with Crippen molar-refractivity contribution in [2.45, 2.75) is 38.5 Å². The molecule has 0 amide bonds. The number of hydrogen-bond donors (Lipinski definition) is 0. The molecule has 0 aliphatic heterocycles. The number of rotatable bonds is 10. The van der Waals surface area contributed by atoms with Gasteiger partial charge in [0.1, 0.15) is 0 Å². The summed E-state index contributed by atoms with van der Waals surface area (Å²) in [4.78, 5) is 31.8. The van der Waals surface area contributed by atoms with Crippen molar-refractivity contribution in [1.82, 2.24) is 39.0 Å². The average Bonchev–Trinajstić information content (AvgIpc) is 1.54. The van der Waals surface area contributed by atoms with E-state index in [1.807, 2.05) is 72.8 Å². The third-order valence-electron chi connectivity index (χ3n) is 20.5. The smallest absolute Gasteiger partial charge is 0.164 e. The van der Waals surface area contributed by atoms with E-state index in [0.29, 0.717) is 34.9 Å². The molecule has 8 heteroatoms. The first-order chi connectivity index (χ1) is 48.1. The summed E-state index contributed by atoms with van der Waals surface area (Å²) < 4.78 is 4.95. The Kier molecular flexibility index (Phi) is 12.8. The van der Waals surface area contributed by atoms with E-state index in [0.717, 1.165) is 89.1 Å². The molecule has 0 fully saturated rings. The largest absolute Gasteiger partial charge is 0.309 e. The second kappa shape index (κ2) is 22.0. The van der Waals surface area contributed by atoms with Gasteiger partial charge >= 0.3 is 0 Å². The Balaban J connectivity index is 0.867. The fourth-order valence-electron chi connectivity index (χ4n) is 16.1. The lowest BCUT2D eigenvalue weighted by atomic mass is 9.80. The number of fused-ring (bicyclic) bond motifs is 14. The zero-order valence-corrected chi connectivity index (χ0v) is 54.4. The van der Waals surface area contributed by atoms with Crippen LogP contribution in [-0.4, -0.2) is 39.0 Å². The van der Waals surface area contributed by atoms with E-state index in [1.54, 1.807) is 0 Å². The zero-order valence-electron chi connectivity index (χ0n) is 54.4. The van der Waals surface area contributed by atoms with Gasteiger partial charge in [-0.05, 0) is 128 Å². The van der Waals surface area contributed by atoms with Crippen LogP contribution in [0.4, 0.5) is 0 Å². The molecular weight excluding hydrogens is 1190 g/mol. The van der Waals surface area contributed by atoms with Crippen LogP contribution >= 0.6 is 0 Å². The van der Waals surface area contributed by atoms with E-state index in [9.17, 15) is 0 Å². The Morgan fingerprint density at radius 3 is 1.11 bits per heavy atom. The molecule has 462 valence electrons. The molecule has 0 unspecified atom stereocenters. The first-order valence-electron chi connectivity index (χ1n) is 33.6. The van der Waals surface area contributed by atoms with Gasteiger partial charge < -0.3 is 9.13 Å². The molecule has 17 aromatic rings. The Morgan fingerprint density at radius 1 is 0.235 bits per heavy atom. The quantitative estimate of drug-likeness (QED) is 0.136. The molecule has 98 heavy (non-hydrogen) atoms. The lowest BCUT2D eigenvalue weighted by Gasteiger charge is -2.23. The van der Waals surface area contributed by atoms with Gasteiger partial charge in [0.2, 0.25) is 0 Å². The molecule has 2 aliphatic carbocycles. The van der Waals surface area contributed by atoms with E-state index in [2.05, 4.69) is 267 Å². The molecule has 2 aliphatic rings. The Hall–Kier alpha value is -12.5. The molecule has 0 radical (unpaired) electrons.